The van der Waals surface area contributed by atoms with Crippen LogP contribution < -0.4 is 0 Å². The fraction of sp³-hybridized carbons (Fsp3) is 0.0625. The molecule has 0 fully saturated rings. The van der Waals surface area contributed by atoms with Crippen LogP contribution in [0.1, 0.15) is 5.56 Å². The molecule has 9 heteroatoms. The summed E-state index contributed by atoms with van der Waals surface area (Å²) in [7, 11) is 0. The molecule has 1 N–H and O–H groups in total. The van der Waals surface area contributed by atoms with Gasteiger partial charge in [-0.2, -0.15) is 0 Å². The molecule has 0 radical (unpaired) electrons. The van der Waals surface area contributed by atoms with Crippen molar-refractivity contribution >= 4 is 39.5 Å². The van der Waals surface area contributed by atoms with Crippen molar-refractivity contribution in [3.63, 3.8) is 0 Å². The molecular formula is C16H10FN5O2S. The van der Waals surface area contributed by atoms with Gasteiger partial charge < -0.3 is 4.98 Å². The van der Waals surface area contributed by atoms with Gasteiger partial charge in [0.15, 0.2) is 5.65 Å². The van der Waals surface area contributed by atoms with Gasteiger partial charge in [-0.05, 0) is 23.8 Å². The fourth-order valence-electron chi connectivity index (χ4n) is 2.45. The van der Waals surface area contributed by atoms with E-state index in [4.69, 9.17) is 0 Å². The van der Waals surface area contributed by atoms with Crippen LogP contribution in [0.25, 0.3) is 22.1 Å². The van der Waals surface area contributed by atoms with Gasteiger partial charge in [0.25, 0.3) is 5.69 Å². The normalized spacial score (nSPS) is 11.2. The Morgan fingerprint density at radius 2 is 1.96 bits per heavy atom. The van der Waals surface area contributed by atoms with Gasteiger partial charge >= 0.3 is 0 Å². The Labute approximate surface area is 144 Å². The molecule has 2 aromatic carbocycles. The lowest BCUT2D eigenvalue weighted by Crippen LogP contribution is -1.92. The minimum Gasteiger partial charge on any atom is -0.338 e. The number of nitrogens with zero attached hydrogens (tertiary/aromatic N) is 4. The molecule has 0 aliphatic heterocycles. The Kier molecular flexibility index (Phi) is 3.77. The summed E-state index contributed by atoms with van der Waals surface area (Å²) in [5.41, 5.74) is 2.78. The second kappa shape index (κ2) is 6.10. The molecule has 0 spiro atoms. The molecule has 0 aliphatic rings. The summed E-state index contributed by atoms with van der Waals surface area (Å²) in [6.07, 6.45) is 0. The molecule has 25 heavy (non-hydrogen) atoms. The average molecular weight is 355 g/mol. The number of rotatable bonds is 4. The molecule has 0 atom stereocenters. The third kappa shape index (κ3) is 3.01. The Morgan fingerprint density at radius 3 is 2.72 bits per heavy atom. The SMILES string of the molecule is O=[N+]([O-])c1ccc(CSc2nnc3c(n2)[nH]c2ccc(F)cc23)cc1. The van der Waals surface area contributed by atoms with Crippen LogP contribution in [0.2, 0.25) is 0 Å². The highest BCUT2D eigenvalue weighted by Gasteiger charge is 2.11. The number of thioether (sulfide) groups is 1. The summed E-state index contributed by atoms with van der Waals surface area (Å²) in [6, 6.07) is 10.7. The highest BCUT2D eigenvalue weighted by molar-refractivity contribution is 7.98. The highest BCUT2D eigenvalue weighted by atomic mass is 32.2. The number of non-ortho nitro benzene ring substituents is 1. The van der Waals surface area contributed by atoms with E-state index in [0.717, 1.165) is 11.1 Å². The zero-order chi connectivity index (χ0) is 17.4. The number of benzene rings is 2. The minimum atomic E-state index is -0.434. The van der Waals surface area contributed by atoms with Crippen LogP contribution in [-0.2, 0) is 5.75 Å². The largest absolute Gasteiger partial charge is 0.338 e. The summed E-state index contributed by atoms with van der Waals surface area (Å²) in [4.78, 5) is 17.7. The van der Waals surface area contributed by atoms with Crippen molar-refractivity contribution in [1.82, 2.24) is 20.2 Å². The van der Waals surface area contributed by atoms with Gasteiger partial charge in [0.1, 0.15) is 11.3 Å². The quantitative estimate of drug-likeness (QED) is 0.339. The maximum Gasteiger partial charge on any atom is 0.269 e. The summed E-state index contributed by atoms with van der Waals surface area (Å²) in [6.45, 7) is 0. The van der Waals surface area contributed by atoms with Crippen LogP contribution in [0, 0.1) is 15.9 Å². The molecule has 124 valence electrons. The molecule has 2 heterocycles. The number of nitro benzene ring substituents is 1. The van der Waals surface area contributed by atoms with Crippen LogP contribution in [0.15, 0.2) is 47.6 Å². The standard InChI is InChI=1S/C16H10FN5O2S/c17-10-3-6-13-12(7-10)14-15(18-13)19-16(21-20-14)25-8-9-1-4-11(5-2-9)22(23)24/h1-7H,8H2,(H,18,19,21). The van der Waals surface area contributed by atoms with E-state index in [9.17, 15) is 14.5 Å². The van der Waals surface area contributed by atoms with Crippen molar-refractivity contribution in [1.29, 1.82) is 0 Å². The van der Waals surface area contributed by atoms with E-state index in [1.165, 1.54) is 36.0 Å². The smallest absolute Gasteiger partial charge is 0.269 e. The zero-order valence-corrected chi connectivity index (χ0v) is 13.5. The van der Waals surface area contributed by atoms with Crippen LogP contribution in [-0.4, -0.2) is 25.1 Å². The maximum absolute atomic E-state index is 13.4. The van der Waals surface area contributed by atoms with Crippen LogP contribution in [0.3, 0.4) is 0 Å². The van der Waals surface area contributed by atoms with E-state index in [1.54, 1.807) is 18.2 Å². The predicted octanol–water partition coefficient (Wildman–Crippen LogP) is 3.85. The summed E-state index contributed by atoms with van der Waals surface area (Å²) >= 11 is 1.37. The third-order valence-corrected chi connectivity index (χ3v) is 4.58. The van der Waals surface area contributed by atoms with E-state index in [-0.39, 0.29) is 11.5 Å². The molecule has 0 bridgehead atoms. The average Bonchev–Trinajstić information content (AvgIpc) is 2.97. The number of nitrogens with one attached hydrogen (secondary N) is 1. The lowest BCUT2D eigenvalue weighted by atomic mass is 10.2. The van der Waals surface area contributed by atoms with Crippen LogP contribution in [0.5, 0.6) is 0 Å². The molecule has 0 saturated heterocycles. The van der Waals surface area contributed by atoms with Gasteiger partial charge in [0, 0.05) is 28.8 Å². The predicted molar refractivity (Wildman–Crippen MR) is 91.8 cm³/mol. The van der Waals surface area contributed by atoms with Gasteiger partial charge in [0.05, 0.1) is 4.92 Å². The first-order chi connectivity index (χ1) is 12.1. The Morgan fingerprint density at radius 1 is 1.16 bits per heavy atom. The minimum absolute atomic E-state index is 0.0541. The van der Waals surface area contributed by atoms with Crippen molar-refractivity contribution in [2.24, 2.45) is 0 Å². The zero-order valence-electron chi connectivity index (χ0n) is 12.6. The first-order valence-corrected chi connectivity index (χ1v) is 8.26. The van der Waals surface area contributed by atoms with E-state index >= 15 is 0 Å². The van der Waals surface area contributed by atoms with Crippen molar-refractivity contribution in [3.05, 3.63) is 64.0 Å². The Balaban J connectivity index is 1.57. The fourth-order valence-corrected chi connectivity index (χ4v) is 3.19. The van der Waals surface area contributed by atoms with Gasteiger partial charge in [-0.1, -0.05) is 23.9 Å². The van der Waals surface area contributed by atoms with Gasteiger partial charge in [-0.3, -0.25) is 10.1 Å². The molecule has 4 rings (SSSR count). The van der Waals surface area contributed by atoms with Crippen LogP contribution >= 0.6 is 11.8 Å². The Bertz CT molecular complexity index is 1100. The number of aromatic nitrogens is 4. The van der Waals surface area contributed by atoms with Gasteiger partial charge in [-0.25, -0.2) is 9.37 Å². The molecule has 4 aromatic rings. The maximum atomic E-state index is 13.4. The summed E-state index contributed by atoms with van der Waals surface area (Å²) in [5, 5.41) is 20.0. The van der Waals surface area contributed by atoms with Gasteiger partial charge in [0.2, 0.25) is 5.16 Å². The first kappa shape index (κ1) is 15.5. The van der Waals surface area contributed by atoms with Crippen LogP contribution in [0.4, 0.5) is 10.1 Å². The lowest BCUT2D eigenvalue weighted by Gasteiger charge is -2.00. The molecule has 0 unspecified atom stereocenters. The topological polar surface area (TPSA) is 97.6 Å². The second-order valence-electron chi connectivity index (χ2n) is 5.32. The molecule has 0 saturated carbocycles. The second-order valence-corrected chi connectivity index (χ2v) is 6.26. The van der Waals surface area contributed by atoms with E-state index in [1.807, 2.05) is 0 Å². The van der Waals surface area contributed by atoms with Crippen molar-refractivity contribution in [2.45, 2.75) is 10.9 Å². The van der Waals surface area contributed by atoms with E-state index in [2.05, 4.69) is 20.2 Å². The monoisotopic (exact) mass is 355 g/mol. The lowest BCUT2D eigenvalue weighted by molar-refractivity contribution is -0.384. The number of halogens is 1. The molecule has 2 aromatic heterocycles. The summed E-state index contributed by atoms with van der Waals surface area (Å²) in [5.74, 6) is 0.215. The molecule has 0 amide bonds. The number of fused-ring (bicyclic) bond motifs is 3. The Hall–Kier alpha value is -3.07. The number of aromatic amines is 1. The summed E-state index contributed by atoms with van der Waals surface area (Å²) < 4.78 is 13.4. The number of hydrogen-bond acceptors (Lipinski definition) is 6. The van der Waals surface area contributed by atoms with E-state index in [0.29, 0.717) is 27.5 Å². The molecule has 0 aliphatic carbocycles. The highest BCUT2D eigenvalue weighted by Crippen LogP contribution is 2.26. The molecule has 7 nitrogen and oxygen atoms in total. The number of hydrogen-bond donors (Lipinski definition) is 1. The van der Waals surface area contributed by atoms with Crippen molar-refractivity contribution in [3.8, 4) is 0 Å². The number of H-pyrrole nitrogens is 1. The number of nitro groups is 1. The van der Waals surface area contributed by atoms with E-state index < -0.39 is 4.92 Å². The van der Waals surface area contributed by atoms with Gasteiger partial charge in [-0.15, -0.1) is 10.2 Å². The van der Waals surface area contributed by atoms with Crippen molar-refractivity contribution in [2.75, 3.05) is 0 Å². The first-order valence-electron chi connectivity index (χ1n) is 7.28. The van der Waals surface area contributed by atoms with Crippen molar-refractivity contribution < 1.29 is 9.31 Å². The molecular weight excluding hydrogens is 345 g/mol. The third-order valence-electron chi connectivity index (χ3n) is 3.67.